The van der Waals surface area contributed by atoms with Gasteiger partial charge in [0.15, 0.2) is 0 Å². The van der Waals surface area contributed by atoms with Gasteiger partial charge in [0.05, 0.1) is 11.0 Å². The monoisotopic (exact) mass is 209 g/mol. The van der Waals surface area contributed by atoms with Crippen molar-refractivity contribution in [3.8, 4) is 0 Å². The van der Waals surface area contributed by atoms with Gasteiger partial charge in [0.1, 0.15) is 17.7 Å². The van der Waals surface area contributed by atoms with Crippen molar-refractivity contribution < 1.29 is 9.50 Å². The lowest BCUT2D eigenvalue weighted by Gasteiger charge is -2.06. The fourth-order valence-corrected chi connectivity index (χ4v) is 1.59. The summed E-state index contributed by atoms with van der Waals surface area (Å²) in [5, 5.41) is 9.58. The lowest BCUT2D eigenvalue weighted by atomic mass is 10.3. The fourth-order valence-electron chi connectivity index (χ4n) is 1.59. The molecule has 0 saturated carbocycles. The number of aliphatic hydroxyl groups excluding tert-OH is 1. The van der Waals surface area contributed by atoms with Crippen molar-refractivity contribution in [2.45, 2.75) is 6.10 Å². The maximum absolute atomic E-state index is 13.0. The Morgan fingerprint density at radius 3 is 3.00 bits per heavy atom. The largest absolute Gasteiger partial charge is 0.384 e. The van der Waals surface area contributed by atoms with Crippen LogP contribution in [0.3, 0.4) is 0 Å². The van der Waals surface area contributed by atoms with Crippen LogP contribution in [0, 0.1) is 5.82 Å². The van der Waals surface area contributed by atoms with Crippen molar-refractivity contribution in [3.05, 3.63) is 29.8 Å². The first-order valence-electron chi connectivity index (χ1n) is 4.63. The molecule has 1 atom stereocenters. The van der Waals surface area contributed by atoms with E-state index in [1.165, 1.54) is 12.1 Å². The van der Waals surface area contributed by atoms with Crippen LogP contribution in [0.5, 0.6) is 0 Å². The highest BCUT2D eigenvalue weighted by Gasteiger charge is 2.14. The summed E-state index contributed by atoms with van der Waals surface area (Å²) >= 11 is 0. The van der Waals surface area contributed by atoms with Crippen LogP contribution in [0.2, 0.25) is 0 Å². The number of fused-ring (bicyclic) bond motifs is 1. The molecule has 0 radical (unpaired) electrons. The van der Waals surface area contributed by atoms with Gasteiger partial charge in [-0.2, -0.15) is 0 Å². The highest BCUT2D eigenvalue weighted by atomic mass is 19.1. The molecule has 0 spiro atoms. The molecule has 0 bridgehead atoms. The number of aromatic nitrogens is 2. The molecule has 3 N–H and O–H groups in total. The zero-order valence-corrected chi connectivity index (χ0v) is 8.31. The van der Waals surface area contributed by atoms with Crippen molar-refractivity contribution >= 4 is 11.0 Å². The van der Waals surface area contributed by atoms with Crippen LogP contribution in [-0.2, 0) is 7.05 Å². The van der Waals surface area contributed by atoms with Crippen LogP contribution in [0.4, 0.5) is 4.39 Å². The molecule has 0 aliphatic heterocycles. The standard InChI is InChI=1S/C10H12FN3O/c1-14-8-4-6(11)2-3-7(8)13-10(14)9(15)5-12/h2-4,9,15H,5,12H2,1H3. The molecule has 1 unspecified atom stereocenters. The van der Waals surface area contributed by atoms with Crippen LogP contribution < -0.4 is 5.73 Å². The summed E-state index contributed by atoms with van der Waals surface area (Å²) < 4.78 is 14.6. The van der Waals surface area contributed by atoms with Crippen LogP contribution in [0.15, 0.2) is 18.2 Å². The van der Waals surface area contributed by atoms with Crippen LogP contribution in [0.25, 0.3) is 11.0 Å². The van der Waals surface area contributed by atoms with Crippen molar-refractivity contribution in [1.82, 2.24) is 9.55 Å². The molecule has 1 heterocycles. The van der Waals surface area contributed by atoms with E-state index in [2.05, 4.69) is 4.98 Å². The Kier molecular flexibility index (Phi) is 2.42. The number of rotatable bonds is 2. The minimum absolute atomic E-state index is 0.0969. The molecular weight excluding hydrogens is 197 g/mol. The lowest BCUT2D eigenvalue weighted by Crippen LogP contribution is -2.15. The van der Waals surface area contributed by atoms with E-state index in [1.807, 2.05) is 0 Å². The molecule has 1 aromatic carbocycles. The van der Waals surface area contributed by atoms with Crippen molar-refractivity contribution in [1.29, 1.82) is 0 Å². The molecule has 5 heteroatoms. The van der Waals surface area contributed by atoms with E-state index in [0.29, 0.717) is 16.9 Å². The molecule has 2 rings (SSSR count). The molecule has 15 heavy (non-hydrogen) atoms. The van der Waals surface area contributed by atoms with E-state index >= 15 is 0 Å². The zero-order valence-electron chi connectivity index (χ0n) is 8.31. The highest BCUT2D eigenvalue weighted by molar-refractivity contribution is 5.76. The number of benzene rings is 1. The Morgan fingerprint density at radius 1 is 1.60 bits per heavy atom. The first kappa shape index (κ1) is 10.1. The van der Waals surface area contributed by atoms with E-state index < -0.39 is 6.10 Å². The van der Waals surface area contributed by atoms with Crippen LogP contribution in [-0.4, -0.2) is 21.2 Å². The number of nitrogens with two attached hydrogens (primary N) is 1. The molecular formula is C10H12FN3O. The van der Waals surface area contributed by atoms with E-state index in [1.54, 1.807) is 17.7 Å². The lowest BCUT2D eigenvalue weighted by molar-refractivity contribution is 0.174. The molecule has 0 amide bonds. The highest BCUT2D eigenvalue weighted by Crippen LogP contribution is 2.19. The summed E-state index contributed by atoms with van der Waals surface area (Å²) in [5.41, 5.74) is 6.65. The fraction of sp³-hybridized carbons (Fsp3) is 0.300. The van der Waals surface area contributed by atoms with Gasteiger partial charge in [0.25, 0.3) is 0 Å². The second-order valence-corrected chi connectivity index (χ2v) is 3.41. The predicted molar refractivity (Wildman–Crippen MR) is 54.7 cm³/mol. The average Bonchev–Trinajstić information content (AvgIpc) is 2.55. The van der Waals surface area contributed by atoms with Gasteiger partial charge in [-0.1, -0.05) is 0 Å². The van der Waals surface area contributed by atoms with Crippen molar-refractivity contribution in [2.75, 3.05) is 6.54 Å². The van der Waals surface area contributed by atoms with Gasteiger partial charge < -0.3 is 15.4 Å². The summed E-state index contributed by atoms with van der Waals surface area (Å²) in [6, 6.07) is 4.31. The van der Waals surface area contributed by atoms with Crippen LogP contribution >= 0.6 is 0 Å². The molecule has 0 fully saturated rings. The maximum atomic E-state index is 13.0. The second kappa shape index (κ2) is 3.60. The van der Waals surface area contributed by atoms with Gasteiger partial charge in [-0.25, -0.2) is 9.37 Å². The molecule has 4 nitrogen and oxygen atoms in total. The first-order valence-corrected chi connectivity index (χ1v) is 4.63. The SMILES string of the molecule is Cn1c(C(O)CN)nc2ccc(F)cc21. The molecule has 80 valence electrons. The van der Waals surface area contributed by atoms with E-state index in [-0.39, 0.29) is 12.4 Å². The number of nitrogens with zero attached hydrogens (tertiary/aromatic N) is 2. The average molecular weight is 209 g/mol. The Labute approximate surface area is 86.1 Å². The summed E-state index contributed by atoms with van der Waals surface area (Å²) in [6.07, 6.45) is -0.814. The molecule has 1 aromatic heterocycles. The topological polar surface area (TPSA) is 64.1 Å². The first-order chi connectivity index (χ1) is 7.13. The summed E-state index contributed by atoms with van der Waals surface area (Å²) in [6.45, 7) is 0.0969. The molecule has 0 aliphatic carbocycles. The second-order valence-electron chi connectivity index (χ2n) is 3.41. The normalized spacial score (nSPS) is 13.3. The third kappa shape index (κ3) is 1.60. The number of aryl methyl sites for hydroxylation is 1. The minimum Gasteiger partial charge on any atom is -0.384 e. The Morgan fingerprint density at radius 2 is 2.33 bits per heavy atom. The van der Waals surface area contributed by atoms with Crippen molar-refractivity contribution in [3.63, 3.8) is 0 Å². The number of imidazole rings is 1. The summed E-state index contributed by atoms with van der Waals surface area (Å²) in [4.78, 5) is 4.19. The third-order valence-corrected chi connectivity index (χ3v) is 2.40. The smallest absolute Gasteiger partial charge is 0.139 e. The summed E-state index contributed by atoms with van der Waals surface area (Å²) in [5.74, 6) is 0.136. The Bertz CT molecular complexity index is 495. The minimum atomic E-state index is -0.814. The van der Waals surface area contributed by atoms with Gasteiger partial charge in [-0.05, 0) is 18.2 Å². The van der Waals surface area contributed by atoms with Gasteiger partial charge in [-0.3, -0.25) is 0 Å². The molecule has 0 aliphatic rings. The van der Waals surface area contributed by atoms with Gasteiger partial charge >= 0.3 is 0 Å². The Balaban J connectivity index is 2.64. The van der Waals surface area contributed by atoms with E-state index in [9.17, 15) is 9.50 Å². The maximum Gasteiger partial charge on any atom is 0.139 e. The number of hydrogen-bond acceptors (Lipinski definition) is 3. The van der Waals surface area contributed by atoms with Gasteiger partial charge in [0.2, 0.25) is 0 Å². The predicted octanol–water partition coefficient (Wildman–Crippen LogP) is 0.705. The zero-order chi connectivity index (χ0) is 11.0. The van der Waals surface area contributed by atoms with Gasteiger partial charge in [-0.15, -0.1) is 0 Å². The quantitative estimate of drug-likeness (QED) is 0.765. The van der Waals surface area contributed by atoms with E-state index in [0.717, 1.165) is 0 Å². The number of halogens is 1. The number of hydrogen-bond donors (Lipinski definition) is 2. The van der Waals surface area contributed by atoms with Crippen LogP contribution in [0.1, 0.15) is 11.9 Å². The number of aliphatic hydroxyl groups is 1. The summed E-state index contributed by atoms with van der Waals surface area (Å²) in [7, 11) is 1.73. The molecule has 0 saturated heterocycles. The Hall–Kier alpha value is -1.46. The third-order valence-electron chi connectivity index (χ3n) is 2.40. The molecule has 2 aromatic rings. The van der Waals surface area contributed by atoms with Gasteiger partial charge in [0, 0.05) is 13.6 Å². The van der Waals surface area contributed by atoms with Crippen molar-refractivity contribution in [2.24, 2.45) is 12.8 Å². The van der Waals surface area contributed by atoms with E-state index in [4.69, 9.17) is 5.73 Å².